The first-order valence-corrected chi connectivity index (χ1v) is 10.9. The van der Waals surface area contributed by atoms with Gasteiger partial charge in [-0.2, -0.15) is 4.31 Å². The van der Waals surface area contributed by atoms with Crippen LogP contribution in [0.3, 0.4) is 0 Å². The van der Waals surface area contributed by atoms with Gasteiger partial charge in [0.2, 0.25) is 10.0 Å². The van der Waals surface area contributed by atoms with Crippen LogP contribution in [0.4, 0.5) is 11.4 Å². The van der Waals surface area contributed by atoms with E-state index in [1.807, 2.05) is 23.1 Å². The molecule has 0 bridgehead atoms. The Kier molecular flexibility index (Phi) is 5.48. The SMILES string of the molecule is O=[N+]([O-])c1ccc(N(Cc2ccccn2)C2CC2)c(S(=O)(=O)N2CCOCC2)c1. The number of hydrogen-bond acceptors (Lipinski definition) is 7. The highest BCUT2D eigenvalue weighted by molar-refractivity contribution is 7.89. The van der Waals surface area contributed by atoms with Gasteiger partial charge in [0.05, 0.1) is 36.1 Å². The molecule has 0 atom stereocenters. The van der Waals surface area contributed by atoms with E-state index in [1.165, 1.54) is 16.4 Å². The van der Waals surface area contributed by atoms with Crippen molar-refractivity contribution in [2.75, 3.05) is 31.2 Å². The van der Waals surface area contributed by atoms with Crippen molar-refractivity contribution in [3.63, 3.8) is 0 Å². The maximum atomic E-state index is 13.4. The Morgan fingerprint density at radius 2 is 1.97 bits per heavy atom. The van der Waals surface area contributed by atoms with Gasteiger partial charge in [-0.1, -0.05) is 6.07 Å². The average molecular weight is 418 g/mol. The number of sulfonamides is 1. The van der Waals surface area contributed by atoms with Gasteiger partial charge in [-0.25, -0.2) is 8.42 Å². The average Bonchev–Trinajstić information content (AvgIpc) is 3.58. The molecule has 2 aromatic rings. The lowest BCUT2D eigenvalue weighted by molar-refractivity contribution is -0.385. The molecule has 154 valence electrons. The molecule has 10 heteroatoms. The van der Waals surface area contributed by atoms with Crippen LogP contribution in [0.2, 0.25) is 0 Å². The summed E-state index contributed by atoms with van der Waals surface area (Å²) in [6, 6.07) is 9.87. The highest BCUT2D eigenvalue weighted by Gasteiger charge is 2.36. The molecule has 29 heavy (non-hydrogen) atoms. The topological polar surface area (TPSA) is 106 Å². The lowest BCUT2D eigenvalue weighted by Gasteiger charge is -2.30. The molecule has 0 N–H and O–H groups in total. The standard InChI is InChI=1S/C19H22N4O5S/c24-23(25)17-6-7-18(19(13-17)29(26,27)21-9-11-28-12-10-21)22(16-4-5-16)14-15-3-1-2-8-20-15/h1-3,6-8,13,16H,4-5,9-12,14H2. The van der Waals surface area contributed by atoms with E-state index in [4.69, 9.17) is 4.74 Å². The van der Waals surface area contributed by atoms with Gasteiger partial charge in [0, 0.05) is 37.5 Å². The fourth-order valence-corrected chi connectivity index (χ4v) is 5.08. The van der Waals surface area contributed by atoms with Crippen LogP contribution in [0.1, 0.15) is 18.5 Å². The Hall–Kier alpha value is -2.56. The number of nitro benzene ring substituents is 1. The van der Waals surface area contributed by atoms with Crippen molar-refractivity contribution in [2.45, 2.75) is 30.3 Å². The molecule has 1 saturated heterocycles. The number of morpholine rings is 1. The zero-order chi connectivity index (χ0) is 20.4. The van der Waals surface area contributed by atoms with Gasteiger partial charge in [0.15, 0.2) is 0 Å². The second kappa shape index (κ2) is 8.05. The van der Waals surface area contributed by atoms with Crippen LogP contribution in [0.15, 0.2) is 47.5 Å². The molecule has 2 heterocycles. The fraction of sp³-hybridized carbons (Fsp3) is 0.421. The number of pyridine rings is 1. The van der Waals surface area contributed by atoms with Gasteiger partial charge in [-0.05, 0) is 31.0 Å². The first-order chi connectivity index (χ1) is 14.0. The molecule has 2 fully saturated rings. The molecule has 1 aliphatic carbocycles. The summed E-state index contributed by atoms with van der Waals surface area (Å²) < 4.78 is 33.4. The largest absolute Gasteiger partial charge is 0.379 e. The first kappa shape index (κ1) is 19.7. The van der Waals surface area contributed by atoms with Gasteiger partial charge in [0.1, 0.15) is 4.90 Å². The number of anilines is 1. The number of ether oxygens (including phenoxy) is 1. The summed E-state index contributed by atoms with van der Waals surface area (Å²) in [5.74, 6) is 0. The van der Waals surface area contributed by atoms with E-state index in [2.05, 4.69) is 4.98 Å². The van der Waals surface area contributed by atoms with Crippen molar-refractivity contribution in [3.8, 4) is 0 Å². The molecule has 1 saturated carbocycles. The molecule has 1 aliphatic heterocycles. The Labute approximate surface area is 169 Å². The maximum Gasteiger partial charge on any atom is 0.270 e. The predicted octanol–water partition coefficient (Wildman–Crippen LogP) is 2.18. The van der Waals surface area contributed by atoms with Gasteiger partial charge >= 0.3 is 0 Å². The van der Waals surface area contributed by atoms with Gasteiger partial charge < -0.3 is 9.64 Å². The maximum absolute atomic E-state index is 13.4. The Morgan fingerprint density at radius 1 is 1.21 bits per heavy atom. The molecule has 0 radical (unpaired) electrons. The summed E-state index contributed by atoms with van der Waals surface area (Å²) >= 11 is 0. The van der Waals surface area contributed by atoms with Crippen LogP contribution in [-0.2, 0) is 21.3 Å². The number of benzene rings is 1. The zero-order valence-electron chi connectivity index (χ0n) is 15.8. The van der Waals surface area contributed by atoms with E-state index in [0.717, 1.165) is 18.5 Å². The Morgan fingerprint density at radius 3 is 2.59 bits per heavy atom. The predicted molar refractivity (Wildman–Crippen MR) is 106 cm³/mol. The molecule has 0 spiro atoms. The summed E-state index contributed by atoms with van der Waals surface area (Å²) in [5, 5.41) is 11.3. The van der Waals surface area contributed by atoms with Crippen LogP contribution in [0.25, 0.3) is 0 Å². The summed E-state index contributed by atoms with van der Waals surface area (Å²) in [7, 11) is -3.90. The minimum atomic E-state index is -3.90. The summed E-state index contributed by atoms with van der Waals surface area (Å²) in [5.41, 5.74) is 1.05. The third-order valence-corrected chi connectivity index (χ3v) is 7.03. The second-order valence-corrected chi connectivity index (χ2v) is 9.01. The van der Waals surface area contributed by atoms with Crippen LogP contribution >= 0.6 is 0 Å². The fourth-order valence-electron chi connectivity index (χ4n) is 3.45. The van der Waals surface area contributed by atoms with Crippen molar-refractivity contribution in [1.29, 1.82) is 0 Å². The third-order valence-electron chi connectivity index (χ3n) is 5.10. The first-order valence-electron chi connectivity index (χ1n) is 9.50. The number of aromatic nitrogens is 1. The monoisotopic (exact) mass is 418 g/mol. The van der Waals surface area contributed by atoms with Gasteiger partial charge in [-0.15, -0.1) is 0 Å². The minimum Gasteiger partial charge on any atom is -0.379 e. The highest BCUT2D eigenvalue weighted by atomic mass is 32.2. The highest BCUT2D eigenvalue weighted by Crippen LogP contribution is 2.39. The lowest BCUT2D eigenvalue weighted by atomic mass is 10.2. The van der Waals surface area contributed by atoms with Crippen molar-refractivity contribution in [3.05, 3.63) is 58.4 Å². The van der Waals surface area contributed by atoms with Crippen LogP contribution < -0.4 is 4.90 Å². The van der Waals surface area contributed by atoms with Crippen molar-refractivity contribution in [2.24, 2.45) is 0 Å². The van der Waals surface area contributed by atoms with E-state index >= 15 is 0 Å². The molecule has 2 aliphatic rings. The Bertz CT molecular complexity index is 989. The van der Waals surface area contributed by atoms with Crippen LogP contribution in [0.5, 0.6) is 0 Å². The molecule has 1 aromatic carbocycles. The smallest absolute Gasteiger partial charge is 0.270 e. The molecule has 4 rings (SSSR count). The Balaban J connectivity index is 1.78. The number of hydrogen-bond donors (Lipinski definition) is 0. The quantitative estimate of drug-likeness (QED) is 0.501. The second-order valence-electron chi connectivity index (χ2n) is 7.11. The molecular weight excluding hydrogens is 396 g/mol. The summed E-state index contributed by atoms with van der Waals surface area (Å²) in [6.45, 7) is 1.52. The van der Waals surface area contributed by atoms with Crippen LogP contribution in [-0.4, -0.2) is 55.0 Å². The molecule has 0 unspecified atom stereocenters. The minimum absolute atomic E-state index is 0.0311. The molecular formula is C19H22N4O5S. The number of rotatable bonds is 7. The van der Waals surface area contributed by atoms with E-state index in [1.54, 1.807) is 12.3 Å². The van der Waals surface area contributed by atoms with Crippen molar-refractivity contribution in [1.82, 2.24) is 9.29 Å². The summed E-state index contributed by atoms with van der Waals surface area (Å²) in [6.07, 6.45) is 3.59. The van der Waals surface area contributed by atoms with E-state index < -0.39 is 14.9 Å². The van der Waals surface area contributed by atoms with Gasteiger partial charge in [-0.3, -0.25) is 15.1 Å². The number of non-ortho nitro benzene ring substituents is 1. The molecule has 9 nitrogen and oxygen atoms in total. The molecule has 1 aromatic heterocycles. The summed E-state index contributed by atoms with van der Waals surface area (Å²) in [4.78, 5) is 17.1. The van der Waals surface area contributed by atoms with Gasteiger partial charge in [0.25, 0.3) is 5.69 Å². The lowest BCUT2D eigenvalue weighted by Crippen LogP contribution is -2.41. The van der Waals surface area contributed by atoms with E-state index in [-0.39, 0.29) is 29.7 Å². The van der Waals surface area contributed by atoms with Crippen LogP contribution in [0, 0.1) is 10.1 Å². The number of nitro groups is 1. The van der Waals surface area contributed by atoms with E-state index in [9.17, 15) is 18.5 Å². The van der Waals surface area contributed by atoms with Crippen molar-refractivity contribution < 1.29 is 18.1 Å². The van der Waals surface area contributed by atoms with Crippen molar-refractivity contribution >= 4 is 21.4 Å². The molecule has 0 amide bonds. The number of nitrogens with zero attached hydrogens (tertiary/aromatic N) is 4. The van der Waals surface area contributed by atoms with E-state index in [0.29, 0.717) is 25.4 Å². The zero-order valence-corrected chi connectivity index (χ0v) is 16.6. The third kappa shape index (κ3) is 4.24. The normalized spacial score (nSPS) is 17.8.